The van der Waals surface area contributed by atoms with Gasteiger partial charge >= 0.3 is 12.1 Å². The van der Waals surface area contributed by atoms with E-state index in [1.54, 1.807) is 6.92 Å². The lowest BCUT2D eigenvalue weighted by Crippen LogP contribution is -2.36. The minimum atomic E-state index is -4.61. The number of imide groups is 1. The largest absolute Gasteiger partial charge is 0.490 e. The third-order valence-electron chi connectivity index (χ3n) is 4.62. The molecule has 0 aromatic heterocycles. The smallest absolute Gasteiger partial charge is 0.416 e. The molecule has 1 aliphatic rings. The highest BCUT2D eigenvalue weighted by Crippen LogP contribution is 2.39. The number of alkyl halides is 3. The summed E-state index contributed by atoms with van der Waals surface area (Å²) in [4.78, 5) is 48.9. The van der Waals surface area contributed by atoms with E-state index < -0.39 is 47.9 Å². The molecule has 3 amide bonds. The number of amides is 3. The number of carbonyl (C=O) groups is 4. The molecule has 1 aliphatic heterocycles. The van der Waals surface area contributed by atoms with Gasteiger partial charge in [-0.1, -0.05) is 17.7 Å². The van der Waals surface area contributed by atoms with Gasteiger partial charge in [0.15, 0.2) is 18.1 Å². The van der Waals surface area contributed by atoms with Crippen molar-refractivity contribution < 1.29 is 46.9 Å². The molecule has 0 unspecified atom stereocenters. The van der Waals surface area contributed by atoms with Gasteiger partial charge < -0.3 is 19.9 Å². The van der Waals surface area contributed by atoms with Gasteiger partial charge in [-0.15, -0.1) is 0 Å². The number of benzene rings is 2. The molecule has 0 radical (unpaired) electrons. The van der Waals surface area contributed by atoms with Crippen LogP contribution in [0.4, 0.5) is 23.7 Å². The first-order chi connectivity index (χ1) is 17.4. The molecular weight excluding hydrogens is 541 g/mol. The van der Waals surface area contributed by atoms with Crippen LogP contribution in [0.25, 0.3) is 6.08 Å². The van der Waals surface area contributed by atoms with Gasteiger partial charge in [-0.3, -0.25) is 19.3 Å². The molecule has 2 N–H and O–H groups in total. The fourth-order valence-corrected chi connectivity index (χ4v) is 4.23. The molecule has 1 heterocycles. The normalized spacial score (nSPS) is 14.7. The molecule has 0 bridgehead atoms. The van der Waals surface area contributed by atoms with Crippen LogP contribution < -0.4 is 14.8 Å². The maximum atomic E-state index is 12.9. The van der Waals surface area contributed by atoms with E-state index in [1.807, 2.05) is 0 Å². The van der Waals surface area contributed by atoms with E-state index in [0.717, 1.165) is 18.2 Å². The molecule has 0 saturated carbocycles. The van der Waals surface area contributed by atoms with Crippen LogP contribution in [-0.4, -0.2) is 52.8 Å². The summed E-state index contributed by atoms with van der Waals surface area (Å²) < 4.78 is 49.2. The highest BCUT2D eigenvalue weighted by atomic mass is 35.5. The summed E-state index contributed by atoms with van der Waals surface area (Å²) in [6.45, 7) is 0.490. The van der Waals surface area contributed by atoms with Crippen LogP contribution in [0.1, 0.15) is 18.1 Å². The number of rotatable bonds is 9. The van der Waals surface area contributed by atoms with Crippen molar-refractivity contribution in [3.63, 3.8) is 0 Å². The molecular formula is C23H18ClF3N2O7S. The van der Waals surface area contributed by atoms with Crippen molar-refractivity contribution in [3.05, 3.63) is 57.5 Å². The number of halogens is 4. The zero-order valence-corrected chi connectivity index (χ0v) is 20.5. The molecule has 9 nitrogen and oxygen atoms in total. The first kappa shape index (κ1) is 27.9. The molecule has 196 valence electrons. The first-order valence-corrected chi connectivity index (χ1v) is 11.6. The summed E-state index contributed by atoms with van der Waals surface area (Å²) in [5.74, 6) is -2.79. The number of aliphatic carboxylic acids is 1. The van der Waals surface area contributed by atoms with Gasteiger partial charge in [0.25, 0.3) is 11.1 Å². The van der Waals surface area contributed by atoms with Crippen LogP contribution in [0.15, 0.2) is 41.3 Å². The van der Waals surface area contributed by atoms with Crippen LogP contribution >= 0.6 is 23.4 Å². The van der Waals surface area contributed by atoms with Crippen LogP contribution in [0.5, 0.6) is 11.5 Å². The quantitative estimate of drug-likeness (QED) is 0.417. The number of nitrogens with zero attached hydrogens (tertiary/aromatic N) is 1. The molecule has 14 heteroatoms. The number of thioether (sulfide) groups is 1. The van der Waals surface area contributed by atoms with Crippen molar-refractivity contribution in [1.82, 2.24) is 4.90 Å². The Morgan fingerprint density at radius 1 is 1.19 bits per heavy atom. The second-order valence-electron chi connectivity index (χ2n) is 7.34. The monoisotopic (exact) mass is 558 g/mol. The Balaban J connectivity index is 1.76. The second kappa shape index (κ2) is 11.6. The topological polar surface area (TPSA) is 122 Å². The van der Waals surface area contributed by atoms with Crippen LogP contribution in [0.2, 0.25) is 5.02 Å². The van der Waals surface area contributed by atoms with Gasteiger partial charge in [-0.2, -0.15) is 13.2 Å². The van der Waals surface area contributed by atoms with E-state index in [2.05, 4.69) is 5.32 Å². The summed E-state index contributed by atoms with van der Waals surface area (Å²) >= 11 is 6.75. The van der Waals surface area contributed by atoms with Crippen molar-refractivity contribution in [1.29, 1.82) is 0 Å². The predicted octanol–water partition coefficient (Wildman–Crippen LogP) is 4.90. The molecule has 2 aromatic carbocycles. The zero-order valence-electron chi connectivity index (χ0n) is 18.9. The lowest BCUT2D eigenvalue weighted by atomic mass is 10.1. The third kappa shape index (κ3) is 7.17. The molecule has 0 aliphatic carbocycles. The molecule has 1 saturated heterocycles. The highest BCUT2D eigenvalue weighted by molar-refractivity contribution is 8.18. The number of hydrogen-bond acceptors (Lipinski definition) is 7. The molecule has 1 fully saturated rings. The van der Waals surface area contributed by atoms with Crippen molar-refractivity contribution in [2.24, 2.45) is 0 Å². The molecule has 2 aromatic rings. The molecule has 0 atom stereocenters. The van der Waals surface area contributed by atoms with Gasteiger partial charge in [0.2, 0.25) is 5.91 Å². The van der Waals surface area contributed by atoms with E-state index in [-0.39, 0.29) is 33.7 Å². The zero-order chi connectivity index (χ0) is 27.3. The fraction of sp³-hybridized carbons (Fsp3) is 0.217. The fourth-order valence-electron chi connectivity index (χ4n) is 3.11. The lowest BCUT2D eigenvalue weighted by molar-refractivity contribution is -0.139. The minimum Gasteiger partial charge on any atom is -0.490 e. The minimum absolute atomic E-state index is 0.00172. The SMILES string of the molecule is CCOc1cc(/C=C2\SC(=O)N(CC(=O)Nc3cccc(C(F)(F)F)c3)C2=O)cc(Cl)c1OCC(=O)O. The average Bonchev–Trinajstić information content (AvgIpc) is 3.05. The number of nitrogens with one attached hydrogen (secondary N) is 1. The van der Waals surface area contributed by atoms with Crippen molar-refractivity contribution in [2.75, 3.05) is 25.1 Å². The van der Waals surface area contributed by atoms with E-state index in [0.29, 0.717) is 22.2 Å². The maximum absolute atomic E-state index is 12.9. The number of ether oxygens (including phenoxy) is 2. The molecule has 0 spiro atoms. The number of carboxylic acid groups (broad SMARTS) is 1. The van der Waals surface area contributed by atoms with Crippen molar-refractivity contribution in [2.45, 2.75) is 13.1 Å². The Labute approximate surface area is 217 Å². The number of anilines is 1. The van der Waals surface area contributed by atoms with Gasteiger partial charge in [-0.05, 0) is 60.7 Å². The van der Waals surface area contributed by atoms with Crippen molar-refractivity contribution in [3.8, 4) is 11.5 Å². The van der Waals surface area contributed by atoms with Gasteiger partial charge in [0, 0.05) is 5.69 Å². The Morgan fingerprint density at radius 2 is 1.92 bits per heavy atom. The number of hydrogen-bond donors (Lipinski definition) is 2. The summed E-state index contributed by atoms with van der Waals surface area (Å²) in [7, 11) is 0. The van der Waals surface area contributed by atoms with Gasteiger partial charge in [0.05, 0.1) is 22.1 Å². The Bertz CT molecular complexity index is 1280. The second-order valence-corrected chi connectivity index (χ2v) is 8.74. The highest BCUT2D eigenvalue weighted by Gasteiger charge is 2.36. The van der Waals surface area contributed by atoms with Crippen molar-refractivity contribution >= 4 is 58.1 Å². The third-order valence-corrected chi connectivity index (χ3v) is 5.81. The Hall–Kier alpha value is -3.71. The number of carbonyl (C=O) groups excluding carboxylic acids is 3. The average molecular weight is 559 g/mol. The van der Waals surface area contributed by atoms with Gasteiger partial charge in [0.1, 0.15) is 6.54 Å². The van der Waals surface area contributed by atoms with E-state index in [1.165, 1.54) is 24.3 Å². The maximum Gasteiger partial charge on any atom is 0.416 e. The number of carboxylic acids is 1. The summed E-state index contributed by atoms with van der Waals surface area (Å²) in [6, 6.07) is 6.72. The van der Waals surface area contributed by atoms with E-state index in [4.69, 9.17) is 26.2 Å². The molecule has 3 rings (SSSR count). The summed E-state index contributed by atoms with van der Waals surface area (Å²) in [5.41, 5.74) is -0.787. The van der Waals surface area contributed by atoms with E-state index in [9.17, 15) is 32.3 Å². The summed E-state index contributed by atoms with van der Waals surface area (Å²) in [6.07, 6.45) is -3.28. The standard InChI is InChI=1S/C23H18ClF3N2O7S/c1-2-35-16-7-12(6-15(24)20(16)36-11-19(31)32)8-17-21(33)29(22(34)37-17)10-18(30)28-14-5-3-4-13(9-14)23(25,26)27/h3-9H,2,10-11H2,1H3,(H,28,30)(H,31,32)/b17-8-. The molecule has 37 heavy (non-hydrogen) atoms. The Kier molecular flexibility index (Phi) is 8.71. The predicted molar refractivity (Wildman–Crippen MR) is 129 cm³/mol. The first-order valence-electron chi connectivity index (χ1n) is 10.4. The van der Waals surface area contributed by atoms with Crippen LogP contribution in [0, 0.1) is 0 Å². The van der Waals surface area contributed by atoms with Gasteiger partial charge in [-0.25, -0.2) is 4.79 Å². The lowest BCUT2D eigenvalue weighted by Gasteiger charge is -2.14. The van der Waals surface area contributed by atoms with E-state index >= 15 is 0 Å². The Morgan fingerprint density at radius 3 is 2.57 bits per heavy atom. The van der Waals surface area contributed by atoms with Crippen LogP contribution in [-0.2, 0) is 20.6 Å². The van der Waals surface area contributed by atoms with Crippen LogP contribution in [0.3, 0.4) is 0 Å². The summed E-state index contributed by atoms with van der Waals surface area (Å²) in [5, 5.41) is 10.3.